The second-order valence-electron chi connectivity index (χ2n) is 6.64. The van der Waals surface area contributed by atoms with E-state index in [1.54, 1.807) is 6.20 Å². The summed E-state index contributed by atoms with van der Waals surface area (Å²) in [6.07, 6.45) is 7.63. The van der Waals surface area contributed by atoms with E-state index in [4.69, 9.17) is 4.74 Å². The molecule has 6 nitrogen and oxygen atoms in total. The minimum absolute atomic E-state index is 0.0347. The molecule has 0 aromatic carbocycles. The van der Waals surface area contributed by atoms with Gasteiger partial charge in [0.2, 0.25) is 10.0 Å². The highest BCUT2D eigenvalue weighted by Crippen LogP contribution is 2.25. The Morgan fingerprint density at radius 1 is 1.43 bits per heavy atom. The smallest absolute Gasteiger partial charge is 0.209 e. The first-order valence-corrected chi connectivity index (χ1v) is 10.1. The fourth-order valence-corrected chi connectivity index (χ4v) is 4.47. The van der Waals surface area contributed by atoms with Gasteiger partial charge < -0.3 is 4.74 Å². The Bertz CT molecular complexity index is 602. The molecule has 3 rings (SSSR count). The van der Waals surface area contributed by atoms with E-state index >= 15 is 0 Å². The van der Waals surface area contributed by atoms with Crippen molar-refractivity contribution >= 4 is 10.0 Å². The molecule has 0 radical (unpaired) electrons. The van der Waals surface area contributed by atoms with Crippen LogP contribution in [0, 0.1) is 5.92 Å². The van der Waals surface area contributed by atoms with E-state index in [2.05, 4.69) is 20.7 Å². The van der Waals surface area contributed by atoms with Gasteiger partial charge in [0, 0.05) is 44.2 Å². The van der Waals surface area contributed by atoms with Crippen LogP contribution in [0.2, 0.25) is 0 Å². The second-order valence-corrected chi connectivity index (χ2v) is 8.42. The summed E-state index contributed by atoms with van der Waals surface area (Å²) in [5, 5.41) is 0. The van der Waals surface area contributed by atoms with Crippen LogP contribution in [0.5, 0.6) is 0 Å². The van der Waals surface area contributed by atoms with Gasteiger partial charge in [-0.2, -0.15) is 0 Å². The van der Waals surface area contributed by atoms with Gasteiger partial charge in [0.1, 0.15) is 0 Å². The van der Waals surface area contributed by atoms with Gasteiger partial charge in [-0.25, -0.2) is 13.1 Å². The summed E-state index contributed by atoms with van der Waals surface area (Å²) in [4.78, 5) is 6.60. The number of ether oxygens (including phenoxy) is 1. The molecule has 3 atom stereocenters. The van der Waals surface area contributed by atoms with E-state index in [1.807, 2.05) is 12.3 Å². The second kappa shape index (κ2) is 7.25. The first kappa shape index (κ1) is 16.8. The van der Waals surface area contributed by atoms with Crippen LogP contribution in [0.25, 0.3) is 0 Å². The first-order valence-electron chi connectivity index (χ1n) is 8.19. The highest BCUT2D eigenvalue weighted by Gasteiger charge is 2.37. The number of hydrogen-bond acceptors (Lipinski definition) is 5. The molecule has 1 aromatic heterocycles. The van der Waals surface area contributed by atoms with Crippen molar-refractivity contribution in [1.82, 2.24) is 14.6 Å². The van der Waals surface area contributed by atoms with Crippen LogP contribution in [-0.2, 0) is 21.2 Å². The monoisotopic (exact) mass is 339 g/mol. The average molecular weight is 339 g/mol. The third kappa shape index (κ3) is 4.73. The normalized spacial score (nSPS) is 29.2. The maximum atomic E-state index is 11.7. The molecule has 7 heteroatoms. The van der Waals surface area contributed by atoms with Crippen LogP contribution in [0.15, 0.2) is 24.5 Å². The van der Waals surface area contributed by atoms with Gasteiger partial charge >= 0.3 is 0 Å². The van der Waals surface area contributed by atoms with Gasteiger partial charge in [-0.15, -0.1) is 0 Å². The van der Waals surface area contributed by atoms with Crippen molar-refractivity contribution in [2.45, 2.75) is 31.3 Å². The SMILES string of the molecule is CS(=O)(=O)N[C@@H]1CCN(C[C@H]2CCOC2)[C@H]1Cc1cccnc1. The zero-order valence-corrected chi connectivity index (χ0v) is 14.3. The number of hydrogen-bond donors (Lipinski definition) is 1. The molecule has 0 saturated carbocycles. The number of likely N-dealkylation sites (tertiary alicyclic amines) is 1. The van der Waals surface area contributed by atoms with Gasteiger partial charge in [-0.3, -0.25) is 9.88 Å². The minimum atomic E-state index is -3.20. The largest absolute Gasteiger partial charge is 0.381 e. The molecule has 2 aliphatic heterocycles. The molecule has 1 N–H and O–H groups in total. The summed E-state index contributed by atoms with van der Waals surface area (Å²) < 4.78 is 31.7. The summed E-state index contributed by atoms with van der Waals surface area (Å²) in [5.41, 5.74) is 1.15. The van der Waals surface area contributed by atoms with Crippen molar-refractivity contribution < 1.29 is 13.2 Å². The van der Waals surface area contributed by atoms with Gasteiger partial charge in [-0.1, -0.05) is 6.07 Å². The van der Waals surface area contributed by atoms with Gasteiger partial charge in [0.05, 0.1) is 12.9 Å². The Morgan fingerprint density at radius 2 is 2.30 bits per heavy atom. The number of rotatable bonds is 6. The van der Waals surface area contributed by atoms with E-state index in [9.17, 15) is 8.42 Å². The lowest BCUT2D eigenvalue weighted by atomic mass is 10.0. The van der Waals surface area contributed by atoms with Crippen molar-refractivity contribution in [3.05, 3.63) is 30.1 Å². The fourth-order valence-electron chi connectivity index (χ4n) is 3.65. The Kier molecular flexibility index (Phi) is 5.31. The maximum absolute atomic E-state index is 11.7. The molecule has 3 heterocycles. The number of nitrogens with zero attached hydrogens (tertiary/aromatic N) is 2. The summed E-state index contributed by atoms with van der Waals surface area (Å²) >= 11 is 0. The molecular formula is C16H25N3O3S. The zero-order chi connectivity index (χ0) is 16.3. The van der Waals surface area contributed by atoms with E-state index in [0.29, 0.717) is 5.92 Å². The number of aromatic nitrogens is 1. The van der Waals surface area contributed by atoms with Crippen LogP contribution in [0.1, 0.15) is 18.4 Å². The standard InChI is InChI=1S/C16H25N3O3S/c1-23(20,21)18-15-4-7-19(11-14-5-8-22-12-14)16(15)9-13-3-2-6-17-10-13/h2-3,6,10,14-16,18H,4-5,7-9,11-12H2,1H3/t14-,15-,16+/m1/s1. The van der Waals surface area contributed by atoms with Gasteiger partial charge in [-0.05, 0) is 36.8 Å². The van der Waals surface area contributed by atoms with E-state index in [-0.39, 0.29) is 12.1 Å². The molecule has 0 spiro atoms. The molecule has 2 fully saturated rings. The van der Waals surface area contributed by atoms with Crippen LogP contribution < -0.4 is 4.72 Å². The van der Waals surface area contributed by atoms with Gasteiger partial charge in [0.25, 0.3) is 0 Å². The third-order valence-corrected chi connectivity index (χ3v) is 5.44. The predicted molar refractivity (Wildman–Crippen MR) is 88.6 cm³/mol. The Labute approximate surface area is 138 Å². The average Bonchev–Trinajstić information content (AvgIpc) is 3.12. The lowest BCUT2D eigenvalue weighted by Gasteiger charge is -2.30. The first-order chi connectivity index (χ1) is 11.0. The Morgan fingerprint density at radius 3 is 2.96 bits per heavy atom. The topological polar surface area (TPSA) is 71.5 Å². The van der Waals surface area contributed by atoms with Crippen LogP contribution in [0.3, 0.4) is 0 Å². The number of sulfonamides is 1. The summed E-state index contributed by atoms with van der Waals surface area (Å²) in [6, 6.07) is 4.13. The highest BCUT2D eigenvalue weighted by molar-refractivity contribution is 7.88. The highest BCUT2D eigenvalue weighted by atomic mass is 32.2. The predicted octanol–water partition coefficient (Wildman–Crippen LogP) is 0.653. The Hall–Kier alpha value is -1.02. The van der Waals surface area contributed by atoms with Gasteiger partial charge in [0.15, 0.2) is 0 Å². The van der Waals surface area contributed by atoms with Crippen LogP contribution >= 0.6 is 0 Å². The molecule has 2 aliphatic rings. The van der Waals surface area contributed by atoms with Crippen LogP contribution in [-0.4, -0.2) is 62.9 Å². The van der Waals surface area contributed by atoms with E-state index in [0.717, 1.165) is 51.1 Å². The minimum Gasteiger partial charge on any atom is -0.381 e. The lowest BCUT2D eigenvalue weighted by Crippen LogP contribution is -2.47. The quantitative estimate of drug-likeness (QED) is 0.824. The van der Waals surface area contributed by atoms with E-state index in [1.165, 1.54) is 6.26 Å². The molecule has 0 aliphatic carbocycles. The van der Waals surface area contributed by atoms with Crippen molar-refractivity contribution in [2.24, 2.45) is 5.92 Å². The molecule has 128 valence electrons. The zero-order valence-electron chi connectivity index (χ0n) is 13.5. The summed E-state index contributed by atoms with van der Waals surface area (Å²) in [7, 11) is -3.20. The third-order valence-electron chi connectivity index (χ3n) is 4.71. The lowest BCUT2D eigenvalue weighted by molar-refractivity contribution is 0.159. The molecule has 0 amide bonds. The fraction of sp³-hybridized carbons (Fsp3) is 0.688. The number of pyridine rings is 1. The van der Waals surface area contributed by atoms with Crippen molar-refractivity contribution in [1.29, 1.82) is 0 Å². The van der Waals surface area contributed by atoms with Crippen molar-refractivity contribution in [3.63, 3.8) is 0 Å². The van der Waals surface area contributed by atoms with Crippen molar-refractivity contribution in [3.8, 4) is 0 Å². The Balaban J connectivity index is 1.72. The molecule has 23 heavy (non-hydrogen) atoms. The van der Waals surface area contributed by atoms with E-state index < -0.39 is 10.0 Å². The molecular weight excluding hydrogens is 314 g/mol. The molecule has 2 saturated heterocycles. The summed E-state index contributed by atoms with van der Waals surface area (Å²) in [6.45, 7) is 3.57. The summed E-state index contributed by atoms with van der Waals surface area (Å²) in [5.74, 6) is 0.559. The van der Waals surface area contributed by atoms with Crippen molar-refractivity contribution in [2.75, 3.05) is 32.6 Å². The molecule has 0 unspecified atom stereocenters. The number of nitrogens with one attached hydrogen (secondary N) is 1. The molecule has 1 aromatic rings. The maximum Gasteiger partial charge on any atom is 0.209 e. The van der Waals surface area contributed by atoms with Crippen LogP contribution in [0.4, 0.5) is 0 Å². The molecule has 0 bridgehead atoms.